The molecule has 2 heterocycles. The minimum absolute atomic E-state index is 0.0986. The monoisotopic (exact) mass is 266 g/mol. The lowest BCUT2D eigenvalue weighted by Gasteiger charge is -2.32. The van der Waals surface area contributed by atoms with Gasteiger partial charge >= 0.3 is 0 Å². The van der Waals surface area contributed by atoms with Crippen LogP contribution in [0.4, 0.5) is 5.82 Å². The van der Waals surface area contributed by atoms with Crippen LogP contribution in [0.25, 0.3) is 0 Å². The maximum Gasteiger partial charge on any atom is 0.144 e. The number of hydrogen-bond donors (Lipinski definition) is 3. The van der Waals surface area contributed by atoms with Gasteiger partial charge in [-0.1, -0.05) is 6.07 Å². The van der Waals surface area contributed by atoms with Crippen molar-refractivity contribution in [2.75, 3.05) is 31.7 Å². The van der Waals surface area contributed by atoms with Crippen molar-refractivity contribution in [1.82, 2.24) is 9.88 Å². The second-order valence-electron chi connectivity index (χ2n) is 4.73. The number of aliphatic hydroxyl groups is 1. The van der Waals surface area contributed by atoms with Crippen LogP contribution in [0, 0.1) is 0 Å². The lowest BCUT2D eigenvalue weighted by atomic mass is 10.1. The van der Waals surface area contributed by atoms with Crippen molar-refractivity contribution in [2.24, 2.45) is 5.84 Å². The SMILES string of the molecule is NNc1ncccc1CN1CCC(OCCO)CC1. The van der Waals surface area contributed by atoms with Crippen molar-refractivity contribution in [3.63, 3.8) is 0 Å². The van der Waals surface area contributed by atoms with Crippen molar-refractivity contribution in [3.8, 4) is 0 Å². The van der Waals surface area contributed by atoms with Gasteiger partial charge in [0.25, 0.3) is 0 Å². The molecule has 1 fully saturated rings. The van der Waals surface area contributed by atoms with Gasteiger partial charge in [-0.3, -0.25) is 4.90 Å². The number of rotatable bonds is 6. The molecule has 1 aromatic heterocycles. The van der Waals surface area contributed by atoms with E-state index in [1.165, 1.54) is 0 Å². The fourth-order valence-electron chi connectivity index (χ4n) is 2.39. The second kappa shape index (κ2) is 7.40. The Morgan fingerprint density at radius 1 is 1.47 bits per heavy atom. The quantitative estimate of drug-likeness (QED) is 0.509. The van der Waals surface area contributed by atoms with E-state index in [1.54, 1.807) is 6.20 Å². The Morgan fingerprint density at radius 2 is 2.26 bits per heavy atom. The highest BCUT2D eigenvalue weighted by Crippen LogP contribution is 2.18. The molecule has 6 heteroatoms. The number of nitrogens with two attached hydrogens (primary N) is 1. The summed E-state index contributed by atoms with van der Waals surface area (Å²) in [5.41, 5.74) is 3.74. The first-order chi connectivity index (χ1) is 9.33. The number of ether oxygens (including phenoxy) is 1. The maximum absolute atomic E-state index is 8.74. The summed E-state index contributed by atoms with van der Waals surface area (Å²) in [5, 5.41) is 8.74. The number of piperidine rings is 1. The zero-order valence-electron chi connectivity index (χ0n) is 11.1. The summed E-state index contributed by atoms with van der Waals surface area (Å²) in [6.07, 6.45) is 4.02. The molecule has 2 rings (SSSR count). The molecule has 1 saturated heterocycles. The number of nitrogens with zero attached hydrogens (tertiary/aromatic N) is 2. The number of likely N-dealkylation sites (tertiary alicyclic amines) is 1. The van der Waals surface area contributed by atoms with Gasteiger partial charge in [-0.15, -0.1) is 0 Å². The number of hydrazine groups is 1. The number of nitrogen functional groups attached to an aromatic ring is 1. The summed E-state index contributed by atoms with van der Waals surface area (Å²) < 4.78 is 5.55. The zero-order chi connectivity index (χ0) is 13.5. The van der Waals surface area contributed by atoms with E-state index in [-0.39, 0.29) is 12.7 Å². The molecule has 19 heavy (non-hydrogen) atoms. The molecule has 0 unspecified atom stereocenters. The van der Waals surface area contributed by atoms with E-state index in [0.717, 1.165) is 43.9 Å². The molecule has 0 atom stereocenters. The van der Waals surface area contributed by atoms with E-state index < -0.39 is 0 Å². The summed E-state index contributed by atoms with van der Waals surface area (Å²) in [7, 11) is 0. The predicted octanol–water partition coefficient (Wildman–Crippen LogP) is 0.340. The van der Waals surface area contributed by atoms with E-state index in [1.807, 2.05) is 12.1 Å². The van der Waals surface area contributed by atoms with Crippen molar-refractivity contribution >= 4 is 5.82 Å². The minimum Gasteiger partial charge on any atom is -0.394 e. The van der Waals surface area contributed by atoms with E-state index in [9.17, 15) is 0 Å². The molecule has 0 spiro atoms. The molecule has 106 valence electrons. The van der Waals surface area contributed by atoms with Gasteiger partial charge in [-0.25, -0.2) is 10.8 Å². The van der Waals surface area contributed by atoms with Gasteiger partial charge in [-0.05, 0) is 18.9 Å². The number of anilines is 1. The van der Waals surface area contributed by atoms with Crippen LogP contribution in [-0.2, 0) is 11.3 Å². The average Bonchev–Trinajstić information content (AvgIpc) is 2.47. The van der Waals surface area contributed by atoms with Crippen LogP contribution >= 0.6 is 0 Å². The predicted molar refractivity (Wildman–Crippen MR) is 73.4 cm³/mol. The first-order valence-electron chi connectivity index (χ1n) is 6.69. The molecule has 0 aromatic carbocycles. The Bertz CT molecular complexity index is 381. The van der Waals surface area contributed by atoms with Gasteiger partial charge in [0.1, 0.15) is 5.82 Å². The second-order valence-corrected chi connectivity index (χ2v) is 4.73. The normalized spacial score (nSPS) is 17.6. The number of aromatic nitrogens is 1. The molecule has 0 radical (unpaired) electrons. The summed E-state index contributed by atoms with van der Waals surface area (Å²) in [6, 6.07) is 3.96. The summed E-state index contributed by atoms with van der Waals surface area (Å²) >= 11 is 0. The molecule has 0 bridgehead atoms. The topological polar surface area (TPSA) is 83.6 Å². The lowest BCUT2D eigenvalue weighted by molar-refractivity contribution is -0.00899. The third-order valence-electron chi connectivity index (χ3n) is 3.40. The first kappa shape index (κ1) is 14.2. The highest BCUT2D eigenvalue weighted by Gasteiger charge is 2.20. The fraction of sp³-hybridized carbons (Fsp3) is 0.615. The van der Waals surface area contributed by atoms with Crippen molar-refractivity contribution < 1.29 is 9.84 Å². The average molecular weight is 266 g/mol. The van der Waals surface area contributed by atoms with Crippen molar-refractivity contribution in [2.45, 2.75) is 25.5 Å². The van der Waals surface area contributed by atoms with Crippen LogP contribution in [0.2, 0.25) is 0 Å². The molecule has 0 aliphatic carbocycles. The molecule has 6 nitrogen and oxygen atoms in total. The smallest absolute Gasteiger partial charge is 0.144 e. The van der Waals surface area contributed by atoms with Crippen LogP contribution in [0.3, 0.4) is 0 Å². The Kier molecular flexibility index (Phi) is 5.53. The van der Waals surface area contributed by atoms with Crippen LogP contribution < -0.4 is 11.3 Å². The van der Waals surface area contributed by atoms with Crippen LogP contribution in [0.5, 0.6) is 0 Å². The minimum atomic E-state index is 0.0986. The van der Waals surface area contributed by atoms with E-state index in [0.29, 0.717) is 6.61 Å². The van der Waals surface area contributed by atoms with Crippen LogP contribution in [0.15, 0.2) is 18.3 Å². The van der Waals surface area contributed by atoms with Crippen molar-refractivity contribution in [3.05, 3.63) is 23.9 Å². The Hall–Kier alpha value is -1.21. The standard InChI is InChI=1S/C13H22N4O2/c14-16-13-11(2-1-5-15-13)10-17-6-3-12(4-7-17)19-9-8-18/h1-2,5,12,18H,3-4,6-10,14H2,(H,15,16). The molecular formula is C13H22N4O2. The number of pyridine rings is 1. The zero-order valence-corrected chi connectivity index (χ0v) is 11.1. The summed E-state index contributed by atoms with van der Waals surface area (Å²) in [4.78, 5) is 6.57. The van der Waals surface area contributed by atoms with Crippen LogP contribution in [-0.4, -0.2) is 47.4 Å². The lowest BCUT2D eigenvalue weighted by Crippen LogP contribution is -2.37. The Balaban J connectivity index is 1.82. The van der Waals surface area contributed by atoms with Gasteiger partial charge in [0, 0.05) is 31.4 Å². The van der Waals surface area contributed by atoms with E-state index >= 15 is 0 Å². The highest BCUT2D eigenvalue weighted by molar-refractivity contribution is 5.42. The number of hydrogen-bond acceptors (Lipinski definition) is 6. The van der Waals surface area contributed by atoms with E-state index in [2.05, 4.69) is 15.3 Å². The van der Waals surface area contributed by atoms with Crippen LogP contribution in [0.1, 0.15) is 18.4 Å². The van der Waals surface area contributed by atoms with Gasteiger partial charge in [0.15, 0.2) is 0 Å². The molecule has 4 N–H and O–H groups in total. The molecular weight excluding hydrogens is 244 g/mol. The third kappa shape index (κ3) is 4.14. The third-order valence-corrected chi connectivity index (χ3v) is 3.40. The van der Waals surface area contributed by atoms with Crippen molar-refractivity contribution in [1.29, 1.82) is 0 Å². The highest BCUT2D eigenvalue weighted by atomic mass is 16.5. The van der Waals surface area contributed by atoms with E-state index in [4.69, 9.17) is 15.7 Å². The largest absolute Gasteiger partial charge is 0.394 e. The van der Waals surface area contributed by atoms with Gasteiger partial charge in [0.2, 0.25) is 0 Å². The Labute approximate surface area is 113 Å². The summed E-state index contributed by atoms with van der Waals surface area (Å²) in [6.45, 7) is 3.38. The van der Waals surface area contributed by atoms with Gasteiger partial charge in [0.05, 0.1) is 19.3 Å². The maximum atomic E-state index is 8.74. The first-order valence-corrected chi connectivity index (χ1v) is 6.69. The molecule has 1 aliphatic heterocycles. The molecule has 0 amide bonds. The van der Waals surface area contributed by atoms with Gasteiger partial charge in [-0.2, -0.15) is 0 Å². The Morgan fingerprint density at radius 3 is 2.95 bits per heavy atom. The number of aliphatic hydroxyl groups excluding tert-OH is 1. The fourth-order valence-corrected chi connectivity index (χ4v) is 2.39. The molecule has 1 aliphatic rings. The molecule has 0 saturated carbocycles. The number of nitrogens with one attached hydrogen (secondary N) is 1. The summed E-state index contributed by atoms with van der Waals surface area (Å²) in [5.74, 6) is 6.20. The van der Waals surface area contributed by atoms with Gasteiger partial charge < -0.3 is 15.3 Å². The molecule has 1 aromatic rings.